The van der Waals surface area contributed by atoms with Gasteiger partial charge in [-0.05, 0) is 25.4 Å². The molecule has 0 radical (unpaired) electrons. The van der Waals surface area contributed by atoms with Gasteiger partial charge in [0.25, 0.3) is 0 Å². The van der Waals surface area contributed by atoms with Gasteiger partial charge in [0.2, 0.25) is 0 Å². The zero-order chi connectivity index (χ0) is 9.10. The Morgan fingerprint density at radius 2 is 2.62 bits per heavy atom. The summed E-state index contributed by atoms with van der Waals surface area (Å²) in [5.41, 5.74) is 5.63. The molecule has 1 atom stereocenters. The van der Waals surface area contributed by atoms with Crippen LogP contribution in [0, 0.1) is 5.92 Å². The van der Waals surface area contributed by atoms with E-state index in [2.05, 4.69) is 9.88 Å². The van der Waals surface area contributed by atoms with Crippen LogP contribution in [0.3, 0.4) is 0 Å². The Hall–Kier alpha value is -0.450. The van der Waals surface area contributed by atoms with E-state index in [-0.39, 0.29) is 0 Å². The summed E-state index contributed by atoms with van der Waals surface area (Å²) in [6.45, 7) is 4.17. The number of hydrogen-bond acceptors (Lipinski definition) is 4. The van der Waals surface area contributed by atoms with E-state index in [0.717, 1.165) is 19.6 Å². The van der Waals surface area contributed by atoms with Crippen LogP contribution in [-0.2, 0) is 6.54 Å². The third-order valence-corrected chi connectivity index (χ3v) is 3.31. The highest BCUT2D eigenvalue weighted by atomic mass is 32.1. The van der Waals surface area contributed by atoms with Gasteiger partial charge < -0.3 is 5.73 Å². The molecule has 13 heavy (non-hydrogen) atoms. The van der Waals surface area contributed by atoms with Gasteiger partial charge in [-0.2, -0.15) is 0 Å². The molecule has 1 unspecified atom stereocenters. The van der Waals surface area contributed by atoms with Crippen molar-refractivity contribution in [1.82, 2.24) is 9.88 Å². The van der Waals surface area contributed by atoms with Crippen molar-refractivity contribution in [3.63, 3.8) is 0 Å². The zero-order valence-electron chi connectivity index (χ0n) is 7.65. The highest BCUT2D eigenvalue weighted by Gasteiger charge is 2.21. The fourth-order valence-electron chi connectivity index (χ4n) is 1.77. The molecule has 4 heteroatoms. The Morgan fingerprint density at radius 3 is 3.23 bits per heavy atom. The predicted octanol–water partition coefficient (Wildman–Crippen LogP) is 0.924. The lowest BCUT2D eigenvalue weighted by Crippen LogP contribution is -2.22. The predicted molar refractivity (Wildman–Crippen MR) is 54.6 cm³/mol. The van der Waals surface area contributed by atoms with Gasteiger partial charge >= 0.3 is 0 Å². The van der Waals surface area contributed by atoms with Crippen LogP contribution in [0.1, 0.15) is 11.4 Å². The summed E-state index contributed by atoms with van der Waals surface area (Å²) in [6.07, 6.45) is 3.12. The zero-order valence-corrected chi connectivity index (χ0v) is 8.46. The summed E-state index contributed by atoms with van der Waals surface area (Å²) in [5.74, 6) is 0.708. The van der Waals surface area contributed by atoms with Gasteiger partial charge in [-0.3, -0.25) is 4.90 Å². The Morgan fingerprint density at radius 1 is 1.69 bits per heavy atom. The highest BCUT2D eigenvalue weighted by Crippen LogP contribution is 2.18. The Balaban J connectivity index is 1.84. The average Bonchev–Trinajstić information content (AvgIpc) is 2.76. The van der Waals surface area contributed by atoms with E-state index in [1.807, 2.05) is 11.6 Å². The molecule has 2 rings (SSSR count). The molecule has 1 saturated heterocycles. The monoisotopic (exact) mass is 197 g/mol. The normalized spacial score (nSPS) is 23.9. The third-order valence-electron chi connectivity index (χ3n) is 2.55. The van der Waals surface area contributed by atoms with E-state index in [4.69, 9.17) is 5.73 Å². The van der Waals surface area contributed by atoms with Crippen molar-refractivity contribution in [1.29, 1.82) is 0 Å². The lowest BCUT2D eigenvalue weighted by Gasteiger charge is -2.13. The van der Waals surface area contributed by atoms with Gasteiger partial charge in [0.15, 0.2) is 0 Å². The minimum atomic E-state index is 0.708. The smallest absolute Gasteiger partial charge is 0.107 e. The summed E-state index contributed by atoms with van der Waals surface area (Å²) in [4.78, 5) is 6.72. The molecule has 72 valence electrons. The SMILES string of the molecule is NCC1CCN(Cc2nccs2)C1. The number of nitrogens with zero attached hydrogens (tertiary/aromatic N) is 2. The maximum Gasteiger partial charge on any atom is 0.107 e. The lowest BCUT2D eigenvalue weighted by molar-refractivity contribution is 0.317. The minimum Gasteiger partial charge on any atom is -0.330 e. The molecule has 1 aromatic rings. The van der Waals surface area contributed by atoms with E-state index in [1.54, 1.807) is 11.3 Å². The van der Waals surface area contributed by atoms with Crippen LogP contribution in [-0.4, -0.2) is 29.5 Å². The first-order valence-corrected chi connectivity index (χ1v) is 5.57. The van der Waals surface area contributed by atoms with Crippen molar-refractivity contribution in [3.05, 3.63) is 16.6 Å². The largest absolute Gasteiger partial charge is 0.330 e. The van der Waals surface area contributed by atoms with Crippen LogP contribution in [0.2, 0.25) is 0 Å². The second kappa shape index (κ2) is 4.17. The molecule has 0 aliphatic carbocycles. The molecule has 0 bridgehead atoms. The lowest BCUT2D eigenvalue weighted by atomic mass is 10.1. The number of hydrogen-bond donors (Lipinski definition) is 1. The first kappa shape index (κ1) is 9.12. The average molecular weight is 197 g/mol. The molecule has 0 saturated carbocycles. The molecule has 1 fully saturated rings. The van der Waals surface area contributed by atoms with Gasteiger partial charge in [0.1, 0.15) is 5.01 Å². The molecule has 1 aromatic heterocycles. The quantitative estimate of drug-likeness (QED) is 0.783. The molecule has 1 aliphatic rings. The summed E-state index contributed by atoms with van der Waals surface area (Å²) in [7, 11) is 0. The van der Waals surface area contributed by atoms with Crippen molar-refractivity contribution >= 4 is 11.3 Å². The molecular weight excluding hydrogens is 182 g/mol. The standard InChI is InChI=1S/C9H15N3S/c10-5-8-1-3-12(6-8)7-9-11-2-4-13-9/h2,4,8H,1,3,5-7,10H2. The van der Waals surface area contributed by atoms with Crippen LogP contribution in [0.4, 0.5) is 0 Å². The van der Waals surface area contributed by atoms with Crippen molar-refractivity contribution < 1.29 is 0 Å². The molecular formula is C9H15N3S. The maximum atomic E-state index is 5.63. The second-order valence-electron chi connectivity index (χ2n) is 3.55. The molecule has 2 N–H and O–H groups in total. The fraction of sp³-hybridized carbons (Fsp3) is 0.667. The van der Waals surface area contributed by atoms with Gasteiger partial charge in [-0.25, -0.2) is 4.98 Å². The topological polar surface area (TPSA) is 42.1 Å². The summed E-state index contributed by atoms with van der Waals surface area (Å²) >= 11 is 1.73. The van der Waals surface area contributed by atoms with E-state index >= 15 is 0 Å². The number of aromatic nitrogens is 1. The van der Waals surface area contributed by atoms with Gasteiger partial charge in [-0.1, -0.05) is 0 Å². The highest BCUT2D eigenvalue weighted by molar-refractivity contribution is 7.09. The van der Waals surface area contributed by atoms with E-state index in [0.29, 0.717) is 5.92 Å². The van der Waals surface area contributed by atoms with Crippen LogP contribution in [0.25, 0.3) is 0 Å². The summed E-state index contributed by atoms with van der Waals surface area (Å²) in [6, 6.07) is 0. The number of thiazole rings is 1. The van der Waals surface area contributed by atoms with E-state index < -0.39 is 0 Å². The van der Waals surface area contributed by atoms with Crippen LogP contribution < -0.4 is 5.73 Å². The van der Waals surface area contributed by atoms with E-state index in [1.165, 1.54) is 18.0 Å². The van der Waals surface area contributed by atoms with Gasteiger partial charge in [-0.15, -0.1) is 11.3 Å². The Labute approximate surface area is 82.6 Å². The van der Waals surface area contributed by atoms with Crippen molar-refractivity contribution in [2.45, 2.75) is 13.0 Å². The van der Waals surface area contributed by atoms with Crippen molar-refractivity contribution in [2.75, 3.05) is 19.6 Å². The molecule has 0 spiro atoms. The fourth-order valence-corrected chi connectivity index (χ4v) is 2.43. The Kier molecular flexibility index (Phi) is 2.93. The van der Waals surface area contributed by atoms with Crippen LogP contribution >= 0.6 is 11.3 Å². The van der Waals surface area contributed by atoms with Crippen molar-refractivity contribution in [3.8, 4) is 0 Å². The number of rotatable bonds is 3. The first-order valence-electron chi connectivity index (χ1n) is 4.69. The molecule has 1 aliphatic heterocycles. The number of likely N-dealkylation sites (tertiary alicyclic amines) is 1. The van der Waals surface area contributed by atoms with Crippen LogP contribution in [0.5, 0.6) is 0 Å². The van der Waals surface area contributed by atoms with Crippen molar-refractivity contribution in [2.24, 2.45) is 11.7 Å². The second-order valence-corrected chi connectivity index (χ2v) is 4.53. The summed E-state index contributed by atoms with van der Waals surface area (Å²) < 4.78 is 0. The maximum absolute atomic E-state index is 5.63. The number of nitrogens with two attached hydrogens (primary N) is 1. The first-order chi connectivity index (χ1) is 6.38. The molecule has 0 amide bonds. The molecule has 0 aromatic carbocycles. The minimum absolute atomic E-state index is 0.708. The van der Waals surface area contributed by atoms with Gasteiger partial charge in [0.05, 0.1) is 6.54 Å². The molecule has 2 heterocycles. The molecule has 3 nitrogen and oxygen atoms in total. The third kappa shape index (κ3) is 2.27. The van der Waals surface area contributed by atoms with Gasteiger partial charge in [0, 0.05) is 18.1 Å². The van der Waals surface area contributed by atoms with E-state index in [9.17, 15) is 0 Å². The Bertz CT molecular complexity index is 247. The van der Waals surface area contributed by atoms with Crippen LogP contribution in [0.15, 0.2) is 11.6 Å². The summed E-state index contributed by atoms with van der Waals surface area (Å²) in [5, 5.41) is 3.25.